The van der Waals surface area contributed by atoms with Gasteiger partial charge in [-0.05, 0) is 30.0 Å². The van der Waals surface area contributed by atoms with Crippen LogP contribution in [0.15, 0.2) is 41.3 Å². The van der Waals surface area contributed by atoms with E-state index in [1.807, 2.05) is 41.3 Å². The minimum absolute atomic E-state index is 0.0755. The summed E-state index contributed by atoms with van der Waals surface area (Å²) in [7, 11) is 0. The van der Waals surface area contributed by atoms with Gasteiger partial charge in [-0.3, -0.25) is 14.9 Å². The molecule has 0 saturated carbocycles. The van der Waals surface area contributed by atoms with Crippen LogP contribution < -0.4 is 20.4 Å². The number of hydrogen-bond acceptors (Lipinski definition) is 9. The topological polar surface area (TPSA) is 120 Å². The quantitative estimate of drug-likeness (QED) is 0.584. The number of imide groups is 1. The van der Waals surface area contributed by atoms with Crippen LogP contribution in [0.1, 0.15) is 5.69 Å². The number of likely N-dealkylation sites (tertiary alicyclic amines) is 1. The zero-order valence-electron chi connectivity index (χ0n) is 20.1. The molecule has 12 heteroatoms. The van der Waals surface area contributed by atoms with Crippen molar-refractivity contribution in [3.63, 3.8) is 0 Å². The smallest absolute Gasteiger partial charge is 0.321 e. The van der Waals surface area contributed by atoms with Crippen molar-refractivity contribution in [2.24, 2.45) is 11.8 Å². The molecule has 5 heterocycles. The first-order chi connectivity index (χ1) is 18.0. The highest BCUT2D eigenvalue weighted by atomic mass is 32.2. The van der Waals surface area contributed by atoms with Crippen molar-refractivity contribution in [1.82, 2.24) is 20.2 Å². The number of urea groups is 1. The number of nitrogens with one attached hydrogen (secondary N) is 2. The summed E-state index contributed by atoms with van der Waals surface area (Å²) in [6.45, 7) is 5.53. The van der Waals surface area contributed by atoms with Crippen LogP contribution in [-0.4, -0.2) is 84.5 Å². The van der Waals surface area contributed by atoms with Gasteiger partial charge in [-0.1, -0.05) is 18.2 Å². The second kappa shape index (κ2) is 10.0. The summed E-state index contributed by atoms with van der Waals surface area (Å²) >= 11 is 0.875. The van der Waals surface area contributed by atoms with Gasteiger partial charge in [0.25, 0.3) is 11.1 Å². The van der Waals surface area contributed by atoms with Gasteiger partial charge in [0.2, 0.25) is 5.95 Å². The fraction of sp³-hybridized carbons (Fsp3) is 0.400. The molecule has 4 aliphatic rings. The molecule has 2 N–H and O–H groups in total. The Morgan fingerprint density at radius 2 is 1.76 bits per heavy atom. The Bertz CT molecular complexity index is 1240. The zero-order chi connectivity index (χ0) is 25.4. The standard InChI is InChI=1S/C25H27N7O4S/c33-22-20(37-25(35)29-22)10-19-11-21(30-6-8-36-9-7-30)28-23(26-19)31-12-16-14-32(15-17(16)13-31)24(34)27-18-4-2-1-3-5-18/h1-5,10-11,16-17H,6-9,12-15H2,(H,27,34)(H,29,33,35)/b20-10-. The van der Waals surface area contributed by atoms with Crippen LogP contribution in [0, 0.1) is 11.8 Å². The van der Waals surface area contributed by atoms with Crippen LogP contribution in [0.4, 0.5) is 27.0 Å². The number of rotatable bonds is 4. The van der Waals surface area contributed by atoms with E-state index < -0.39 is 5.91 Å². The molecule has 2 aromatic rings. The Labute approximate surface area is 218 Å². The van der Waals surface area contributed by atoms with Gasteiger partial charge in [-0.25, -0.2) is 9.78 Å². The average Bonchev–Trinajstić information content (AvgIpc) is 3.58. The van der Waals surface area contributed by atoms with Crippen LogP contribution in [0.25, 0.3) is 6.08 Å². The molecule has 1 aromatic heterocycles. The summed E-state index contributed by atoms with van der Waals surface area (Å²) in [5.41, 5.74) is 1.37. The van der Waals surface area contributed by atoms with Crippen molar-refractivity contribution < 1.29 is 19.1 Å². The van der Waals surface area contributed by atoms with E-state index >= 15 is 0 Å². The number of thioether (sulfide) groups is 1. The van der Waals surface area contributed by atoms with Crippen molar-refractivity contribution in [3.05, 3.63) is 47.0 Å². The third kappa shape index (κ3) is 5.12. The second-order valence-corrected chi connectivity index (χ2v) is 10.5. The predicted octanol–water partition coefficient (Wildman–Crippen LogP) is 2.24. The monoisotopic (exact) mass is 521 g/mol. The van der Waals surface area contributed by atoms with Crippen LogP contribution >= 0.6 is 11.8 Å². The van der Waals surface area contributed by atoms with Crippen molar-refractivity contribution in [1.29, 1.82) is 0 Å². The van der Waals surface area contributed by atoms with E-state index in [4.69, 9.17) is 14.7 Å². The van der Waals surface area contributed by atoms with E-state index in [-0.39, 0.29) is 11.3 Å². The van der Waals surface area contributed by atoms with Gasteiger partial charge in [-0.15, -0.1) is 0 Å². The molecule has 0 spiro atoms. The number of amides is 4. The van der Waals surface area contributed by atoms with Crippen LogP contribution in [0.2, 0.25) is 0 Å². The Balaban J connectivity index is 1.19. The summed E-state index contributed by atoms with van der Waals surface area (Å²) in [6, 6.07) is 11.3. The number of anilines is 3. The molecule has 37 heavy (non-hydrogen) atoms. The number of para-hydroxylation sites is 1. The normalized spacial score (nSPS) is 24.5. The fourth-order valence-electron chi connectivity index (χ4n) is 5.21. The van der Waals surface area contributed by atoms with E-state index in [0.29, 0.717) is 54.7 Å². The number of fused-ring (bicyclic) bond motifs is 1. The summed E-state index contributed by atoms with van der Waals surface area (Å²) < 4.78 is 5.49. The predicted molar refractivity (Wildman–Crippen MR) is 140 cm³/mol. The third-order valence-electron chi connectivity index (χ3n) is 7.06. The van der Waals surface area contributed by atoms with Gasteiger partial charge in [0, 0.05) is 62.9 Å². The maximum Gasteiger partial charge on any atom is 0.321 e. The van der Waals surface area contributed by atoms with E-state index in [0.717, 1.165) is 49.4 Å². The zero-order valence-corrected chi connectivity index (χ0v) is 20.9. The maximum atomic E-state index is 12.8. The number of nitrogens with zero attached hydrogens (tertiary/aromatic N) is 5. The van der Waals surface area contributed by atoms with E-state index in [2.05, 4.69) is 20.4 Å². The SMILES string of the molecule is O=C1NC(=O)/C(=C/c2cc(N3CCOCC3)nc(N3CC4CN(C(=O)Nc5ccccc5)CC4C3)n2)S1. The lowest BCUT2D eigenvalue weighted by molar-refractivity contribution is -0.115. The summed E-state index contributed by atoms with van der Waals surface area (Å²) in [4.78, 5) is 52.7. The number of benzene rings is 1. The molecule has 0 bridgehead atoms. The van der Waals surface area contributed by atoms with Crippen molar-refractivity contribution >= 4 is 52.5 Å². The molecule has 11 nitrogen and oxygen atoms in total. The van der Waals surface area contributed by atoms with Gasteiger partial charge in [0.05, 0.1) is 23.8 Å². The highest BCUT2D eigenvalue weighted by Crippen LogP contribution is 2.34. The molecule has 4 amide bonds. The highest BCUT2D eigenvalue weighted by Gasteiger charge is 2.42. The number of carbonyl (C=O) groups is 3. The molecule has 0 radical (unpaired) electrons. The summed E-state index contributed by atoms with van der Waals surface area (Å²) in [5.74, 6) is 1.62. The van der Waals surface area contributed by atoms with E-state index in [1.165, 1.54) is 0 Å². The third-order valence-corrected chi connectivity index (χ3v) is 7.87. The Morgan fingerprint density at radius 1 is 1.03 bits per heavy atom. The van der Waals surface area contributed by atoms with Crippen LogP contribution in [0.3, 0.4) is 0 Å². The fourth-order valence-corrected chi connectivity index (χ4v) is 5.88. The lowest BCUT2D eigenvalue weighted by Gasteiger charge is -2.29. The van der Waals surface area contributed by atoms with Gasteiger partial charge >= 0.3 is 6.03 Å². The molecule has 4 fully saturated rings. The number of morpholine rings is 1. The first kappa shape index (κ1) is 23.7. The lowest BCUT2D eigenvalue weighted by Crippen LogP contribution is -2.38. The molecule has 6 rings (SSSR count). The van der Waals surface area contributed by atoms with Gasteiger partial charge in [0.1, 0.15) is 5.82 Å². The molecule has 1 aromatic carbocycles. The average molecular weight is 522 g/mol. The maximum absolute atomic E-state index is 12.8. The van der Waals surface area contributed by atoms with Gasteiger partial charge in [0.15, 0.2) is 0 Å². The van der Waals surface area contributed by atoms with Crippen molar-refractivity contribution in [2.75, 3.05) is 67.6 Å². The second-order valence-electron chi connectivity index (χ2n) is 9.53. The van der Waals surface area contributed by atoms with Crippen LogP contribution in [-0.2, 0) is 9.53 Å². The van der Waals surface area contributed by atoms with Gasteiger partial charge < -0.3 is 24.8 Å². The Hall–Kier alpha value is -3.64. The Morgan fingerprint density at radius 3 is 2.43 bits per heavy atom. The van der Waals surface area contributed by atoms with Crippen molar-refractivity contribution in [3.8, 4) is 0 Å². The molecule has 0 aliphatic carbocycles. The number of carbonyl (C=O) groups excluding carboxylic acids is 3. The molecular formula is C25H27N7O4S. The molecule has 2 unspecified atom stereocenters. The molecule has 4 aliphatic heterocycles. The summed E-state index contributed by atoms with van der Waals surface area (Å²) in [6.07, 6.45) is 1.65. The Kier molecular flexibility index (Phi) is 6.43. The molecule has 192 valence electrons. The molecule has 2 atom stereocenters. The molecular weight excluding hydrogens is 494 g/mol. The van der Waals surface area contributed by atoms with Crippen LogP contribution in [0.5, 0.6) is 0 Å². The first-order valence-corrected chi connectivity index (χ1v) is 13.2. The van der Waals surface area contributed by atoms with E-state index in [1.54, 1.807) is 6.08 Å². The first-order valence-electron chi connectivity index (χ1n) is 12.3. The van der Waals surface area contributed by atoms with Crippen molar-refractivity contribution in [2.45, 2.75) is 0 Å². The van der Waals surface area contributed by atoms with E-state index in [9.17, 15) is 14.4 Å². The summed E-state index contributed by atoms with van der Waals surface area (Å²) in [5, 5.41) is 4.88. The minimum Gasteiger partial charge on any atom is -0.378 e. The molecule has 4 saturated heterocycles. The largest absolute Gasteiger partial charge is 0.378 e. The minimum atomic E-state index is -0.410. The number of ether oxygens (including phenoxy) is 1. The number of aromatic nitrogens is 2. The lowest BCUT2D eigenvalue weighted by atomic mass is 10.0. The van der Waals surface area contributed by atoms with Gasteiger partial charge in [-0.2, -0.15) is 4.98 Å². The number of hydrogen-bond donors (Lipinski definition) is 2. The highest BCUT2D eigenvalue weighted by molar-refractivity contribution is 8.18.